The van der Waals surface area contributed by atoms with Crippen LogP contribution in [0.4, 0.5) is 0 Å². The van der Waals surface area contributed by atoms with E-state index < -0.39 is 23.8 Å². The standard InChI is InChI=1S/C7H8O5/c8-3-1-4(6(9)10)5(2-3)7(11)12/h4-5H,1-2H2,(H,9,10)(H,11,12)/p-2/t4-,5+. The average molecular weight is 170 g/mol. The lowest BCUT2D eigenvalue weighted by atomic mass is 9.97. The maximum Gasteiger partial charge on any atom is 0.134 e. The number of rotatable bonds is 2. The van der Waals surface area contributed by atoms with Crippen LogP contribution in [0.25, 0.3) is 0 Å². The molecule has 0 radical (unpaired) electrons. The second-order valence-corrected chi connectivity index (χ2v) is 2.80. The lowest BCUT2D eigenvalue weighted by Crippen LogP contribution is -2.41. The van der Waals surface area contributed by atoms with E-state index in [1.165, 1.54) is 0 Å². The van der Waals surface area contributed by atoms with Gasteiger partial charge in [0.2, 0.25) is 0 Å². The Morgan fingerprint density at radius 2 is 1.42 bits per heavy atom. The van der Waals surface area contributed by atoms with Gasteiger partial charge in [0.05, 0.1) is 0 Å². The van der Waals surface area contributed by atoms with Crippen molar-refractivity contribution in [1.29, 1.82) is 0 Å². The Labute approximate surface area is 68.0 Å². The van der Waals surface area contributed by atoms with Crippen molar-refractivity contribution < 1.29 is 24.6 Å². The van der Waals surface area contributed by atoms with Crippen molar-refractivity contribution in [2.75, 3.05) is 0 Å². The Morgan fingerprint density at radius 1 is 1.08 bits per heavy atom. The SMILES string of the molecule is O=C1C[C@H](C(=O)[O-])[C@H](C(=O)[O-])C1. The Kier molecular flexibility index (Phi) is 2.12. The maximum absolute atomic E-state index is 10.7. The van der Waals surface area contributed by atoms with Crippen LogP contribution in [0, 0.1) is 11.8 Å². The van der Waals surface area contributed by atoms with Gasteiger partial charge in [-0.3, -0.25) is 4.79 Å². The van der Waals surface area contributed by atoms with Gasteiger partial charge in [0.25, 0.3) is 0 Å². The van der Waals surface area contributed by atoms with Crippen LogP contribution in [-0.2, 0) is 14.4 Å². The van der Waals surface area contributed by atoms with Gasteiger partial charge in [-0.25, -0.2) is 0 Å². The van der Waals surface area contributed by atoms with E-state index in [-0.39, 0.29) is 18.6 Å². The summed E-state index contributed by atoms with van der Waals surface area (Å²) in [4.78, 5) is 31.3. The van der Waals surface area contributed by atoms with Crippen molar-refractivity contribution in [3.63, 3.8) is 0 Å². The van der Waals surface area contributed by atoms with Gasteiger partial charge >= 0.3 is 0 Å². The van der Waals surface area contributed by atoms with Crippen LogP contribution in [-0.4, -0.2) is 17.7 Å². The van der Waals surface area contributed by atoms with Crippen LogP contribution in [0.2, 0.25) is 0 Å². The zero-order valence-corrected chi connectivity index (χ0v) is 6.11. The van der Waals surface area contributed by atoms with Gasteiger partial charge in [-0.05, 0) is 0 Å². The molecule has 66 valence electrons. The monoisotopic (exact) mass is 170 g/mol. The van der Waals surface area contributed by atoms with Crippen LogP contribution in [0.3, 0.4) is 0 Å². The molecule has 1 rings (SSSR count). The number of hydrogen-bond acceptors (Lipinski definition) is 5. The third-order valence-corrected chi connectivity index (χ3v) is 1.99. The number of ketones is 1. The first kappa shape index (κ1) is 8.70. The molecule has 1 saturated carbocycles. The number of hydrogen-bond donors (Lipinski definition) is 0. The molecular weight excluding hydrogens is 164 g/mol. The molecule has 1 fully saturated rings. The molecule has 12 heavy (non-hydrogen) atoms. The Bertz CT molecular complexity index is 220. The summed E-state index contributed by atoms with van der Waals surface area (Å²) in [6, 6.07) is 0. The molecule has 0 aromatic heterocycles. The second-order valence-electron chi connectivity index (χ2n) is 2.80. The molecule has 0 amide bonds. The van der Waals surface area contributed by atoms with Crippen LogP contribution in [0.1, 0.15) is 12.8 Å². The summed E-state index contributed by atoms with van der Waals surface area (Å²) < 4.78 is 0. The molecule has 0 aromatic carbocycles. The van der Waals surface area contributed by atoms with E-state index in [0.717, 1.165) is 0 Å². The summed E-state index contributed by atoms with van der Waals surface area (Å²) in [6.07, 6.45) is -0.498. The fourth-order valence-corrected chi connectivity index (χ4v) is 1.35. The number of carbonyl (C=O) groups is 3. The number of carbonyl (C=O) groups excluding carboxylic acids is 3. The van der Waals surface area contributed by atoms with Gasteiger partial charge in [0.1, 0.15) is 5.78 Å². The molecule has 0 bridgehead atoms. The van der Waals surface area contributed by atoms with Gasteiger partial charge in [-0.15, -0.1) is 0 Å². The highest BCUT2D eigenvalue weighted by Gasteiger charge is 2.34. The number of carboxylic acid groups (broad SMARTS) is 2. The molecule has 0 saturated heterocycles. The summed E-state index contributed by atoms with van der Waals surface area (Å²) in [6.45, 7) is 0. The molecule has 0 aromatic rings. The van der Waals surface area contributed by atoms with Crippen molar-refractivity contribution in [3.05, 3.63) is 0 Å². The van der Waals surface area contributed by atoms with E-state index in [1.54, 1.807) is 0 Å². The highest BCUT2D eigenvalue weighted by Crippen LogP contribution is 2.28. The third kappa shape index (κ3) is 1.44. The summed E-state index contributed by atoms with van der Waals surface area (Å²) >= 11 is 0. The topological polar surface area (TPSA) is 97.3 Å². The second kappa shape index (κ2) is 2.92. The molecule has 5 nitrogen and oxygen atoms in total. The molecule has 5 heteroatoms. The smallest absolute Gasteiger partial charge is 0.134 e. The molecular formula is C7H6O5-2. The first-order valence-electron chi connectivity index (χ1n) is 3.45. The first-order chi connectivity index (χ1) is 5.52. The van der Waals surface area contributed by atoms with E-state index >= 15 is 0 Å². The normalized spacial score (nSPS) is 28.8. The largest absolute Gasteiger partial charge is 0.550 e. The lowest BCUT2D eigenvalue weighted by Gasteiger charge is -2.19. The molecule has 1 aliphatic rings. The minimum atomic E-state index is -1.49. The third-order valence-electron chi connectivity index (χ3n) is 1.99. The van der Waals surface area contributed by atoms with E-state index in [1.807, 2.05) is 0 Å². The highest BCUT2D eigenvalue weighted by atomic mass is 16.4. The van der Waals surface area contributed by atoms with Crippen LogP contribution >= 0.6 is 0 Å². The van der Waals surface area contributed by atoms with E-state index in [0.29, 0.717) is 0 Å². The number of aliphatic carboxylic acids is 2. The van der Waals surface area contributed by atoms with Crippen molar-refractivity contribution in [3.8, 4) is 0 Å². The zero-order valence-electron chi connectivity index (χ0n) is 6.11. The van der Waals surface area contributed by atoms with Gasteiger partial charge in [-0.1, -0.05) is 0 Å². The lowest BCUT2D eigenvalue weighted by molar-refractivity contribution is -0.325. The summed E-state index contributed by atoms with van der Waals surface area (Å²) in [7, 11) is 0. The molecule has 2 atom stereocenters. The van der Waals surface area contributed by atoms with Crippen LogP contribution in [0.15, 0.2) is 0 Å². The van der Waals surface area contributed by atoms with Crippen LogP contribution < -0.4 is 10.2 Å². The van der Waals surface area contributed by atoms with Crippen molar-refractivity contribution in [1.82, 2.24) is 0 Å². The summed E-state index contributed by atoms with van der Waals surface area (Å²) in [5, 5.41) is 20.6. The predicted molar refractivity (Wildman–Crippen MR) is 31.2 cm³/mol. The summed E-state index contributed by atoms with van der Waals surface area (Å²) in [5.41, 5.74) is 0. The molecule has 0 aliphatic heterocycles. The minimum Gasteiger partial charge on any atom is -0.550 e. The average Bonchev–Trinajstić information content (AvgIpc) is 2.31. The fourth-order valence-electron chi connectivity index (χ4n) is 1.35. The van der Waals surface area contributed by atoms with Crippen molar-refractivity contribution in [2.45, 2.75) is 12.8 Å². The van der Waals surface area contributed by atoms with Gasteiger partial charge < -0.3 is 19.8 Å². The maximum atomic E-state index is 10.7. The number of Topliss-reactive ketones (excluding diaryl/α,β-unsaturated/α-hetero) is 1. The Balaban J connectivity index is 2.79. The summed E-state index contributed by atoms with van der Waals surface area (Å²) in [5.74, 6) is -5.76. The number of carboxylic acids is 2. The van der Waals surface area contributed by atoms with Gasteiger partial charge in [0.15, 0.2) is 0 Å². The van der Waals surface area contributed by atoms with Crippen LogP contribution in [0.5, 0.6) is 0 Å². The fraction of sp³-hybridized carbons (Fsp3) is 0.571. The Hall–Kier alpha value is -1.39. The van der Waals surface area contributed by atoms with Crippen molar-refractivity contribution in [2.24, 2.45) is 11.8 Å². The molecule has 0 spiro atoms. The zero-order chi connectivity index (χ0) is 9.30. The first-order valence-corrected chi connectivity index (χ1v) is 3.45. The van der Waals surface area contributed by atoms with E-state index in [2.05, 4.69) is 0 Å². The van der Waals surface area contributed by atoms with Crippen molar-refractivity contribution >= 4 is 17.7 Å². The van der Waals surface area contributed by atoms with Gasteiger partial charge in [0, 0.05) is 36.6 Å². The minimum absolute atomic E-state index is 0.249. The molecule has 0 heterocycles. The van der Waals surface area contributed by atoms with Gasteiger partial charge in [-0.2, -0.15) is 0 Å². The molecule has 0 N–H and O–H groups in total. The van der Waals surface area contributed by atoms with E-state index in [9.17, 15) is 24.6 Å². The highest BCUT2D eigenvalue weighted by molar-refractivity contribution is 5.93. The Morgan fingerprint density at radius 3 is 1.67 bits per heavy atom. The van der Waals surface area contributed by atoms with E-state index in [4.69, 9.17) is 0 Å². The molecule has 1 aliphatic carbocycles. The predicted octanol–water partition coefficient (Wildman–Crippen LogP) is -2.92. The quantitative estimate of drug-likeness (QED) is 0.442. The molecule has 0 unspecified atom stereocenters.